The van der Waals surface area contributed by atoms with E-state index < -0.39 is 6.09 Å². The molecule has 0 saturated heterocycles. The molecule has 12 heavy (non-hydrogen) atoms. The summed E-state index contributed by atoms with van der Waals surface area (Å²) in [6.07, 6.45) is 6.29. The first-order valence-corrected chi connectivity index (χ1v) is 3.77. The number of carbonyl (C=O) groups excluding carboxylic acids is 1. The fraction of sp³-hybridized carbons (Fsp3) is 0.375. The van der Waals surface area contributed by atoms with E-state index in [0.717, 1.165) is 5.06 Å². The highest BCUT2D eigenvalue weighted by atomic mass is 16.7. The second kappa shape index (κ2) is 4.43. The van der Waals surface area contributed by atoms with Gasteiger partial charge in [-0.25, -0.2) is 4.79 Å². The maximum Gasteiger partial charge on any atom is 0.443 e. The minimum atomic E-state index is -0.464. The van der Waals surface area contributed by atoms with Gasteiger partial charge in [0.1, 0.15) is 6.26 Å². The molecule has 4 nitrogen and oxygen atoms in total. The zero-order chi connectivity index (χ0) is 8.81. The Labute approximate surface area is 71.0 Å². The molecular formula is C8H11NO3. The molecule has 1 aliphatic heterocycles. The zero-order valence-corrected chi connectivity index (χ0v) is 6.90. The molecule has 0 aromatic carbocycles. The van der Waals surface area contributed by atoms with Gasteiger partial charge in [-0.05, 0) is 13.0 Å². The third-order valence-electron chi connectivity index (χ3n) is 1.26. The van der Waals surface area contributed by atoms with Crippen LogP contribution in [0.15, 0.2) is 24.5 Å². The number of amides is 1. The third-order valence-corrected chi connectivity index (χ3v) is 1.26. The second-order valence-corrected chi connectivity index (χ2v) is 2.12. The molecule has 4 heteroatoms. The maximum absolute atomic E-state index is 11.1. The number of rotatable bonds is 1. The van der Waals surface area contributed by atoms with Gasteiger partial charge < -0.3 is 9.57 Å². The van der Waals surface area contributed by atoms with Crippen LogP contribution in [0.2, 0.25) is 0 Å². The molecule has 0 atom stereocenters. The predicted molar refractivity (Wildman–Crippen MR) is 43.1 cm³/mol. The summed E-state index contributed by atoms with van der Waals surface area (Å²) >= 11 is 0. The molecule has 0 aliphatic carbocycles. The average Bonchev–Trinajstić information content (AvgIpc) is 2.32. The summed E-state index contributed by atoms with van der Waals surface area (Å²) in [5.41, 5.74) is 0. The number of hydrogen-bond donors (Lipinski definition) is 0. The summed E-state index contributed by atoms with van der Waals surface area (Å²) in [7, 11) is 0. The fourth-order valence-electron chi connectivity index (χ4n) is 0.745. The second-order valence-electron chi connectivity index (χ2n) is 2.12. The monoisotopic (exact) mass is 169 g/mol. The van der Waals surface area contributed by atoms with E-state index in [-0.39, 0.29) is 0 Å². The largest absolute Gasteiger partial charge is 0.448 e. The molecule has 0 N–H and O–H groups in total. The quantitative estimate of drug-likeness (QED) is 0.596. The molecule has 0 saturated carbocycles. The minimum Gasteiger partial charge on any atom is -0.448 e. The van der Waals surface area contributed by atoms with Gasteiger partial charge in [-0.2, -0.15) is 0 Å². The van der Waals surface area contributed by atoms with Crippen molar-refractivity contribution in [1.82, 2.24) is 5.06 Å². The van der Waals surface area contributed by atoms with Crippen molar-refractivity contribution in [2.45, 2.75) is 6.92 Å². The van der Waals surface area contributed by atoms with Crippen molar-refractivity contribution >= 4 is 6.09 Å². The lowest BCUT2D eigenvalue weighted by Crippen LogP contribution is -2.29. The van der Waals surface area contributed by atoms with Crippen molar-refractivity contribution in [1.29, 1.82) is 0 Å². The third kappa shape index (κ3) is 2.30. The predicted octanol–water partition coefficient (Wildman–Crippen LogP) is 1.46. The lowest BCUT2D eigenvalue weighted by Gasteiger charge is -2.16. The van der Waals surface area contributed by atoms with Crippen molar-refractivity contribution in [2.24, 2.45) is 0 Å². The van der Waals surface area contributed by atoms with E-state index in [4.69, 9.17) is 9.57 Å². The van der Waals surface area contributed by atoms with Crippen molar-refractivity contribution in [3.8, 4) is 0 Å². The molecule has 0 aromatic heterocycles. The Hall–Kier alpha value is -1.45. The Balaban J connectivity index is 2.45. The summed E-state index contributed by atoms with van der Waals surface area (Å²) in [5, 5.41) is 1.14. The molecule has 0 unspecified atom stereocenters. The molecule has 1 aliphatic rings. The Bertz CT molecular complexity index is 196. The van der Waals surface area contributed by atoms with E-state index in [9.17, 15) is 4.79 Å². The van der Waals surface area contributed by atoms with Gasteiger partial charge in [-0.1, -0.05) is 12.2 Å². The average molecular weight is 169 g/mol. The van der Waals surface area contributed by atoms with Crippen LogP contribution in [0.3, 0.4) is 0 Å². The fourth-order valence-corrected chi connectivity index (χ4v) is 0.745. The van der Waals surface area contributed by atoms with Gasteiger partial charge in [0.25, 0.3) is 0 Å². The van der Waals surface area contributed by atoms with Crippen molar-refractivity contribution in [2.75, 3.05) is 13.2 Å². The lowest BCUT2D eigenvalue weighted by molar-refractivity contribution is -0.0748. The van der Waals surface area contributed by atoms with Gasteiger partial charge in [-0.3, -0.25) is 0 Å². The molecule has 0 fully saturated rings. The first-order chi connectivity index (χ1) is 5.84. The lowest BCUT2D eigenvalue weighted by atomic mass is 10.5. The maximum atomic E-state index is 11.1. The number of hydrogen-bond acceptors (Lipinski definition) is 3. The Morgan fingerprint density at radius 3 is 3.25 bits per heavy atom. The van der Waals surface area contributed by atoms with Crippen molar-refractivity contribution in [3.05, 3.63) is 24.5 Å². The summed E-state index contributed by atoms with van der Waals surface area (Å²) in [6, 6.07) is 0. The van der Waals surface area contributed by atoms with E-state index >= 15 is 0 Å². The van der Waals surface area contributed by atoms with E-state index in [0.29, 0.717) is 13.2 Å². The number of nitrogens with zero attached hydrogens (tertiary/aromatic N) is 1. The molecule has 0 aromatic rings. The van der Waals surface area contributed by atoms with Crippen molar-refractivity contribution < 1.29 is 14.4 Å². The van der Waals surface area contributed by atoms with Crippen LogP contribution in [0.5, 0.6) is 0 Å². The van der Waals surface area contributed by atoms with Crippen LogP contribution in [-0.4, -0.2) is 24.3 Å². The molecule has 1 rings (SSSR count). The topological polar surface area (TPSA) is 38.8 Å². The number of allylic oxidation sites excluding steroid dienone is 2. The van der Waals surface area contributed by atoms with E-state index in [1.54, 1.807) is 25.2 Å². The first-order valence-electron chi connectivity index (χ1n) is 3.77. The smallest absolute Gasteiger partial charge is 0.443 e. The van der Waals surface area contributed by atoms with Gasteiger partial charge in [0.2, 0.25) is 0 Å². The zero-order valence-electron chi connectivity index (χ0n) is 6.90. The number of carbonyl (C=O) groups is 1. The molecule has 0 radical (unpaired) electrons. The van der Waals surface area contributed by atoms with Crippen LogP contribution < -0.4 is 0 Å². The molecule has 0 spiro atoms. The van der Waals surface area contributed by atoms with E-state index in [2.05, 4.69) is 0 Å². The van der Waals surface area contributed by atoms with Gasteiger partial charge in [0, 0.05) is 0 Å². The van der Waals surface area contributed by atoms with Crippen LogP contribution in [0.25, 0.3) is 0 Å². The Morgan fingerprint density at radius 1 is 1.67 bits per heavy atom. The van der Waals surface area contributed by atoms with Gasteiger partial charge in [0.05, 0.1) is 13.2 Å². The van der Waals surface area contributed by atoms with Gasteiger partial charge in [-0.15, -0.1) is 5.06 Å². The van der Waals surface area contributed by atoms with Crippen LogP contribution in [0.1, 0.15) is 6.92 Å². The summed E-state index contributed by atoms with van der Waals surface area (Å²) < 4.78 is 4.73. The summed E-state index contributed by atoms with van der Waals surface area (Å²) in [4.78, 5) is 16.0. The van der Waals surface area contributed by atoms with Crippen LogP contribution >= 0.6 is 0 Å². The molecule has 1 heterocycles. The number of ether oxygens (including phenoxy) is 1. The molecule has 1 amide bonds. The highest BCUT2D eigenvalue weighted by Crippen LogP contribution is 2.00. The van der Waals surface area contributed by atoms with Crippen LogP contribution in [0.4, 0.5) is 4.79 Å². The SMILES string of the molecule is CCOC(=O)N1CC=CC=CO1. The Kier molecular flexibility index (Phi) is 3.19. The van der Waals surface area contributed by atoms with Gasteiger partial charge >= 0.3 is 6.09 Å². The standard InChI is InChI=1S/C8H11NO3/c1-2-11-8(10)9-6-4-3-5-7-12-9/h3-5,7H,2,6H2,1H3. The summed E-state index contributed by atoms with van der Waals surface area (Å²) in [6.45, 7) is 2.51. The minimum absolute atomic E-state index is 0.353. The molecule has 66 valence electrons. The van der Waals surface area contributed by atoms with E-state index in [1.165, 1.54) is 6.26 Å². The molecule has 0 bridgehead atoms. The van der Waals surface area contributed by atoms with Gasteiger partial charge in [0.15, 0.2) is 0 Å². The van der Waals surface area contributed by atoms with Crippen LogP contribution in [-0.2, 0) is 9.57 Å². The van der Waals surface area contributed by atoms with Crippen LogP contribution in [0, 0.1) is 0 Å². The summed E-state index contributed by atoms with van der Waals surface area (Å²) in [5.74, 6) is 0. The Morgan fingerprint density at radius 2 is 2.50 bits per heavy atom. The van der Waals surface area contributed by atoms with Crippen molar-refractivity contribution in [3.63, 3.8) is 0 Å². The normalized spacial score (nSPS) is 15.2. The highest BCUT2D eigenvalue weighted by Gasteiger charge is 2.13. The van der Waals surface area contributed by atoms with E-state index in [1.807, 2.05) is 0 Å². The first kappa shape index (κ1) is 8.64. The molecular weight excluding hydrogens is 158 g/mol. The highest BCUT2D eigenvalue weighted by molar-refractivity contribution is 5.66. The number of hydroxylamine groups is 2.